The summed E-state index contributed by atoms with van der Waals surface area (Å²) in [5.41, 5.74) is 1.04. The van der Waals surface area contributed by atoms with Gasteiger partial charge in [-0.3, -0.25) is 10.2 Å². The van der Waals surface area contributed by atoms with Crippen molar-refractivity contribution in [3.63, 3.8) is 0 Å². The number of rotatable bonds is 9. The van der Waals surface area contributed by atoms with Crippen LogP contribution < -0.4 is 20.1 Å². The van der Waals surface area contributed by atoms with Crippen LogP contribution in [0.1, 0.15) is 26.3 Å². The molecule has 0 atom stereocenters. The van der Waals surface area contributed by atoms with Crippen molar-refractivity contribution < 1.29 is 23.7 Å². The molecule has 1 aliphatic heterocycles. The third kappa shape index (κ3) is 8.31. The first-order valence-corrected chi connectivity index (χ1v) is 14.0. The Morgan fingerprint density at radius 1 is 1.07 bits per heavy atom. The maximum absolute atomic E-state index is 12.4. The summed E-state index contributed by atoms with van der Waals surface area (Å²) in [4.78, 5) is 23.5. The molecule has 222 valence electrons. The molecule has 0 unspecified atom stereocenters. The summed E-state index contributed by atoms with van der Waals surface area (Å²) in [6.07, 6.45) is 1.04. The summed E-state index contributed by atoms with van der Waals surface area (Å²) in [5, 5.41) is 17.1. The molecule has 1 aliphatic rings. The minimum Gasteiger partial charge on any atom is -0.492 e. The SMILES string of the molecule is CC(C)(C)OC(=O)Nc1ccc(Oc2ccnc(Nc3cc(C#N)cc(OCCN4CCOCC4)c3)n2)c2ccccc12. The molecular formula is C32H34N6O5. The van der Waals surface area contributed by atoms with E-state index in [0.29, 0.717) is 46.9 Å². The van der Waals surface area contributed by atoms with Crippen molar-refractivity contribution in [1.82, 2.24) is 14.9 Å². The van der Waals surface area contributed by atoms with Crippen LogP contribution in [0.4, 0.5) is 22.1 Å². The Labute approximate surface area is 250 Å². The predicted molar refractivity (Wildman–Crippen MR) is 163 cm³/mol. The lowest BCUT2D eigenvalue weighted by atomic mass is 10.1. The molecule has 0 spiro atoms. The topological polar surface area (TPSA) is 131 Å². The molecule has 1 amide bonds. The van der Waals surface area contributed by atoms with Gasteiger partial charge in [0.25, 0.3) is 0 Å². The second kappa shape index (κ2) is 13.4. The highest BCUT2D eigenvalue weighted by Gasteiger charge is 2.18. The minimum absolute atomic E-state index is 0.291. The van der Waals surface area contributed by atoms with E-state index >= 15 is 0 Å². The molecule has 5 rings (SSSR count). The van der Waals surface area contributed by atoms with Gasteiger partial charge in [0, 0.05) is 54.4 Å². The normalized spacial score (nSPS) is 13.6. The fourth-order valence-corrected chi connectivity index (χ4v) is 4.52. The molecule has 0 bridgehead atoms. The van der Waals surface area contributed by atoms with Gasteiger partial charge in [-0.2, -0.15) is 10.2 Å². The first-order valence-electron chi connectivity index (χ1n) is 14.0. The fraction of sp³-hybridized carbons (Fsp3) is 0.312. The highest BCUT2D eigenvalue weighted by molar-refractivity contribution is 6.02. The van der Waals surface area contributed by atoms with Crippen LogP contribution in [0.5, 0.6) is 17.4 Å². The molecule has 2 N–H and O–H groups in total. The first kappa shape index (κ1) is 29.6. The summed E-state index contributed by atoms with van der Waals surface area (Å²) >= 11 is 0. The summed E-state index contributed by atoms with van der Waals surface area (Å²) in [6, 6.07) is 20.1. The van der Waals surface area contributed by atoms with Crippen molar-refractivity contribution >= 4 is 34.2 Å². The number of aromatic nitrogens is 2. The van der Waals surface area contributed by atoms with Gasteiger partial charge in [0.1, 0.15) is 23.7 Å². The van der Waals surface area contributed by atoms with Crippen LogP contribution >= 0.6 is 0 Å². The van der Waals surface area contributed by atoms with Crippen LogP contribution in [-0.2, 0) is 9.47 Å². The number of morpholine rings is 1. The highest BCUT2D eigenvalue weighted by atomic mass is 16.6. The zero-order valence-electron chi connectivity index (χ0n) is 24.4. The van der Waals surface area contributed by atoms with Gasteiger partial charge in [0.2, 0.25) is 11.8 Å². The zero-order chi connectivity index (χ0) is 30.2. The molecule has 1 aromatic heterocycles. The zero-order valence-corrected chi connectivity index (χ0v) is 24.4. The number of benzene rings is 3. The Morgan fingerprint density at radius 2 is 1.86 bits per heavy atom. The highest BCUT2D eigenvalue weighted by Crippen LogP contribution is 2.34. The number of carbonyl (C=O) groups is 1. The summed E-state index contributed by atoms with van der Waals surface area (Å²) < 4.78 is 22.9. The van der Waals surface area contributed by atoms with Gasteiger partial charge in [0.15, 0.2) is 0 Å². The minimum atomic E-state index is -0.616. The number of hydrogen-bond donors (Lipinski definition) is 2. The van der Waals surface area contributed by atoms with Gasteiger partial charge < -0.3 is 24.3 Å². The van der Waals surface area contributed by atoms with E-state index in [-0.39, 0.29) is 0 Å². The molecule has 1 saturated heterocycles. The van der Waals surface area contributed by atoms with E-state index in [1.54, 1.807) is 42.6 Å². The van der Waals surface area contributed by atoms with E-state index in [9.17, 15) is 10.1 Å². The summed E-state index contributed by atoms with van der Waals surface area (Å²) in [7, 11) is 0. The Kier molecular flexibility index (Phi) is 9.20. The maximum atomic E-state index is 12.4. The lowest BCUT2D eigenvalue weighted by Gasteiger charge is -2.26. The average Bonchev–Trinajstić information content (AvgIpc) is 2.98. The molecule has 3 aromatic carbocycles. The van der Waals surface area contributed by atoms with Crippen molar-refractivity contribution in [2.75, 3.05) is 50.1 Å². The Bertz CT molecular complexity index is 1630. The van der Waals surface area contributed by atoms with E-state index in [2.05, 4.69) is 31.6 Å². The van der Waals surface area contributed by atoms with Gasteiger partial charge in [-0.15, -0.1) is 0 Å². The van der Waals surface area contributed by atoms with Crippen molar-refractivity contribution in [3.05, 3.63) is 72.4 Å². The maximum Gasteiger partial charge on any atom is 0.412 e. The lowest BCUT2D eigenvalue weighted by Crippen LogP contribution is -2.38. The molecule has 1 fully saturated rings. The quantitative estimate of drug-likeness (QED) is 0.239. The van der Waals surface area contributed by atoms with Gasteiger partial charge in [-0.05, 0) is 45.0 Å². The van der Waals surface area contributed by atoms with Crippen LogP contribution in [0.25, 0.3) is 10.8 Å². The molecule has 0 saturated carbocycles. The predicted octanol–water partition coefficient (Wildman–Crippen LogP) is 6.10. The Morgan fingerprint density at radius 3 is 2.63 bits per heavy atom. The standard InChI is InChI=1S/C32H34N6O5/c1-32(2,3)43-31(39)36-27-8-9-28(26-7-5-4-6-25(26)27)42-29-10-11-34-30(37-29)35-23-18-22(21-33)19-24(20-23)41-17-14-38-12-15-40-16-13-38/h4-11,18-20H,12-17H2,1-3H3,(H,36,39)(H,34,35,37). The van der Waals surface area contributed by atoms with Crippen molar-refractivity contribution in [2.45, 2.75) is 26.4 Å². The third-order valence-electron chi connectivity index (χ3n) is 6.44. The van der Waals surface area contributed by atoms with E-state index in [1.807, 2.05) is 45.0 Å². The Balaban J connectivity index is 1.29. The Hall–Kier alpha value is -4.92. The van der Waals surface area contributed by atoms with Crippen LogP contribution in [-0.4, -0.2) is 66.0 Å². The molecule has 0 aliphatic carbocycles. The largest absolute Gasteiger partial charge is 0.492 e. The van der Waals surface area contributed by atoms with E-state index < -0.39 is 11.7 Å². The molecule has 11 nitrogen and oxygen atoms in total. The number of nitrogens with zero attached hydrogens (tertiary/aromatic N) is 4. The van der Waals surface area contributed by atoms with Crippen LogP contribution in [0.15, 0.2) is 66.9 Å². The number of anilines is 3. The molecule has 43 heavy (non-hydrogen) atoms. The van der Waals surface area contributed by atoms with Gasteiger partial charge in [0.05, 0.1) is 30.5 Å². The smallest absolute Gasteiger partial charge is 0.412 e. The van der Waals surface area contributed by atoms with Gasteiger partial charge in [-0.25, -0.2) is 9.78 Å². The molecule has 0 radical (unpaired) electrons. The van der Waals surface area contributed by atoms with Gasteiger partial charge in [-0.1, -0.05) is 24.3 Å². The first-order chi connectivity index (χ1) is 20.8. The van der Waals surface area contributed by atoms with Gasteiger partial charge >= 0.3 is 6.09 Å². The van der Waals surface area contributed by atoms with E-state index in [0.717, 1.165) is 43.6 Å². The number of ether oxygens (including phenoxy) is 4. The fourth-order valence-electron chi connectivity index (χ4n) is 4.52. The molecule has 4 aromatic rings. The number of carbonyl (C=O) groups excluding carboxylic acids is 1. The van der Waals surface area contributed by atoms with Crippen molar-refractivity contribution in [3.8, 4) is 23.4 Å². The third-order valence-corrected chi connectivity index (χ3v) is 6.44. The van der Waals surface area contributed by atoms with Crippen LogP contribution in [0.2, 0.25) is 0 Å². The lowest BCUT2D eigenvalue weighted by molar-refractivity contribution is 0.0322. The second-order valence-corrected chi connectivity index (χ2v) is 10.9. The number of fused-ring (bicyclic) bond motifs is 1. The monoisotopic (exact) mass is 582 g/mol. The number of nitriles is 1. The summed E-state index contributed by atoms with van der Waals surface area (Å²) in [6.45, 7) is 9.93. The van der Waals surface area contributed by atoms with E-state index in [4.69, 9.17) is 18.9 Å². The van der Waals surface area contributed by atoms with Crippen molar-refractivity contribution in [1.29, 1.82) is 5.26 Å². The van der Waals surface area contributed by atoms with E-state index in [1.165, 1.54) is 0 Å². The van der Waals surface area contributed by atoms with Crippen LogP contribution in [0.3, 0.4) is 0 Å². The molecule has 2 heterocycles. The second-order valence-electron chi connectivity index (χ2n) is 10.9. The number of nitrogens with one attached hydrogen (secondary N) is 2. The number of amides is 1. The molecular weight excluding hydrogens is 548 g/mol. The summed E-state index contributed by atoms with van der Waals surface area (Å²) in [5.74, 6) is 1.74. The van der Waals surface area contributed by atoms with Crippen LogP contribution in [0, 0.1) is 11.3 Å². The molecule has 11 heteroatoms. The van der Waals surface area contributed by atoms with Crippen molar-refractivity contribution in [2.24, 2.45) is 0 Å². The number of hydrogen-bond acceptors (Lipinski definition) is 10. The average molecular weight is 583 g/mol.